The summed E-state index contributed by atoms with van der Waals surface area (Å²) in [4.78, 5) is 0. The van der Waals surface area contributed by atoms with Crippen molar-refractivity contribution in [1.29, 1.82) is 0 Å². The van der Waals surface area contributed by atoms with E-state index in [1.54, 1.807) is 12.1 Å². The summed E-state index contributed by atoms with van der Waals surface area (Å²) in [5.74, 6) is 1.60. The van der Waals surface area contributed by atoms with E-state index in [0.29, 0.717) is 17.8 Å². The van der Waals surface area contributed by atoms with Crippen molar-refractivity contribution in [3.05, 3.63) is 23.8 Å². The molecule has 4 N–H and O–H groups in total. The van der Waals surface area contributed by atoms with Gasteiger partial charge in [-0.25, -0.2) is 0 Å². The summed E-state index contributed by atoms with van der Waals surface area (Å²) in [6.07, 6.45) is 3.74. The fourth-order valence-corrected chi connectivity index (χ4v) is 3.58. The van der Waals surface area contributed by atoms with Gasteiger partial charge in [0.15, 0.2) is 11.5 Å². The molecule has 3 heteroatoms. The van der Waals surface area contributed by atoms with Crippen LogP contribution in [0, 0.1) is 11.8 Å². The van der Waals surface area contributed by atoms with Crippen molar-refractivity contribution in [1.82, 2.24) is 0 Å². The molecule has 3 rings (SSSR count). The van der Waals surface area contributed by atoms with Gasteiger partial charge in [-0.05, 0) is 48.8 Å². The molecule has 2 aliphatic rings. The molecule has 1 aromatic rings. The Bertz CT molecular complexity index is 416. The minimum Gasteiger partial charge on any atom is -0.504 e. The van der Waals surface area contributed by atoms with Gasteiger partial charge in [-0.15, -0.1) is 0 Å². The van der Waals surface area contributed by atoms with E-state index in [-0.39, 0.29) is 17.5 Å². The van der Waals surface area contributed by atoms with Crippen molar-refractivity contribution >= 4 is 0 Å². The molecule has 86 valence electrons. The van der Waals surface area contributed by atoms with Gasteiger partial charge in [-0.3, -0.25) is 0 Å². The fraction of sp³-hybridized carbons (Fsp3) is 0.538. The number of phenolic OH excluding ortho intramolecular Hbond substituents is 2. The van der Waals surface area contributed by atoms with Crippen LogP contribution in [0.15, 0.2) is 18.2 Å². The van der Waals surface area contributed by atoms with Gasteiger partial charge in [0.05, 0.1) is 0 Å². The molecule has 0 unspecified atom stereocenters. The number of nitrogens with two attached hydrogens (primary N) is 1. The van der Waals surface area contributed by atoms with Crippen LogP contribution in [0.2, 0.25) is 0 Å². The average molecular weight is 219 g/mol. The van der Waals surface area contributed by atoms with Crippen LogP contribution in [0.1, 0.15) is 30.7 Å². The minimum absolute atomic E-state index is 0.0347. The molecule has 0 radical (unpaired) electrons. The highest BCUT2D eigenvalue weighted by atomic mass is 16.3. The molecular weight excluding hydrogens is 202 g/mol. The molecule has 2 saturated carbocycles. The molecule has 3 nitrogen and oxygen atoms in total. The van der Waals surface area contributed by atoms with Crippen molar-refractivity contribution in [2.45, 2.75) is 31.2 Å². The molecular formula is C13H17NO2. The largest absolute Gasteiger partial charge is 0.504 e. The Labute approximate surface area is 94.9 Å². The van der Waals surface area contributed by atoms with Crippen LogP contribution in [0.3, 0.4) is 0 Å². The molecule has 4 atom stereocenters. The topological polar surface area (TPSA) is 66.5 Å². The molecule has 0 amide bonds. The Morgan fingerprint density at radius 3 is 2.44 bits per heavy atom. The summed E-state index contributed by atoms with van der Waals surface area (Å²) in [5, 5.41) is 18.8. The normalized spacial score (nSPS) is 36.8. The van der Waals surface area contributed by atoms with E-state index in [1.807, 2.05) is 6.07 Å². The lowest BCUT2D eigenvalue weighted by Gasteiger charge is -2.28. The highest BCUT2D eigenvalue weighted by Crippen LogP contribution is 2.52. The molecule has 0 spiro atoms. The summed E-state index contributed by atoms with van der Waals surface area (Å²) in [5.41, 5.74) is 7.32. The second-order valence-electron chi connectivity index (χ2n) is 5.18. The monoisotopic (exact) mass is 219 g/mol. The summed E-state index contributed by atoms with van der Waals surface area (Å²) in [6.45, 7) is 0. The second kappa shape index (κ2) is 3.39. The zero-order valence-corrected chi connectivity index (χ0v) is 9.13. The van der Waals surface area contributed by atoms with Crippen LogP contribution in [0.5, 0.6) is 11.5 Å². The first kappa shape index (κ1) is 9.97. The predicted molar refractivity (Wildman–Crippen MR) is 61.3 cm³/mol. The van der Waals surface area contributed by atoms with Crippen LogP contribution in [0.25, 0.3) is 0 Å². The number of hydrogen-bond acceptors (Lipinski definition) is 3. The highest BCUT2D eigenvalue weighted by Gasteiger charge is 2.46. The smallest absolute Gasteiger partial charge is 0.157 e. The predicted octanol–water partition coefficient (Wildman–Crippen LogP) is 1.94. The van der Waals surface area contributed by atoms with Gasteiger partial charge in [-0.2, -0.15) is 0 Å². The molecule has 1 aromatic carbocycles. The van der Waals surface area contributed by atoms with E-state index in [9.17, 15) is 10.2 Å². The van der Waals surface area contributed by atoms with E-state index < -0.39 is 0 Å². The van der Waals surface area contributed by atoms with Crippen molar-refractivity contribution in [3.63, 3.8) is 0 Å². The van der Waals surface area contributed by atoms with E-state index in [1.165, 1.54) is 19.3 Å². The van der Waals surface area contributed by atoms with Gasteiger partial charge in [-0.1, -0.05) is 6.07 Å². The maximum Gasteiger partial charge on any atom is 0.157 e. The van der Waals surface area contributed by atoms with Crippen LogP contribution >= 0.6 is 0 Å². The van der Waals surface area contributed by atoms with Crippen molar-refractivity contribution in [3.8, 4) is 11.5 Å². The van der Waals surface area contributed by atoms with Crippen LogP contribution in [-0.2, 0) is 0 Å². The van der Waals surface area contributed by atoms with Crippen LogP contribution in [0.4, 0.5) is 0 Å². The first-order chi connectivity index (χ1) is 7.66. The number of aromatic hydroxyl groups is 2. The van der Waals surface area contributed by atoms with Gasteiger partial charge in [0.2, 0.25) is 0 Å². The van der Waals surface area contributed by atoms with Gasteiger partial charge < -0.3 is 15.9 Å². The quantitative estimate of drug-likeness (QED) is 0.632. The maximum atomic E-state index is 9.53. The Morgan fingerprint density at radius 1 is 1.06 bits per heavy atom. The molecule has 2 bridgehead atoms. The van der Waals surface area contributed by atoms with Crippen molar-refractivity contribution in [2.24, 2.45) is 17.6 Å². The molecule has 2 fully saturated rings. The minimum atomic E-state index is -0.0551. The van der Waals surface area contributed by atoms with Crippen molar-refractivity contribution < 1.29 is 10.2 Å². The van der Waals surface area contributed by atoms with Gasteiger partial charge in [0.1, 0.15) is 0 Å². The summed E-state index contributed by atoms with van der Waals surface area (Å²) in [7, 11) is 0. The SMILES string of the molecule is N[C@H]1[C@@H]2CC[C@@H](C2)[C@@H]1c1ccc(O)c(O)c1. The fourth-order valence-electron chi connectivity index (χ4n) is 3.58. The molecule has 0 heterocycles. The highest BCUT2D eigenvalue weighted by molar-refractivity contribution is 5.42. The van der Waals surface area contributed by atoms with Crippen LogP contribution < -0.4 is 5.73 Å². The molecule has 16 heavy (non-hydrogen) atoms. The Hall–Kier alpha value is -1.22. The number of benzene rings is 1. The molecule has 2 aliphatic carbocycles. The third-order valence-corrected chi connectivity index (χ3v) is 4.36. The van der Waals surface area contributed by atoms with E-state index in [4.69, 9.17) is 5.73 Å². The molecule has 0 aliphatic heterocycles. The third-order valence-electron chi connectivity index (χ3n) is 4.36. The number of phenols is 2. The Balaban J connectivity index is 1.95. The summed E-state index contributed by atoms with van der Waals surface area (Å²) < 4.78 is 0. The average Bonchev–Trinajstić information content (AvgIpc) is 2.83. The van der Waals surface area contributed by atoms with E-state index in [2.05, 4.69) is 0 Å². The zero-order valence-electron chi connectivity index (χ0n) is 9.13. The summed E-state index contributed by atoms with van der Waals surface area (Å²) in [6, 6.07) is 5.34. The van der Waals surface area contributed by atoms with E-state index in [0.717, 1.165) is 5.56 Å². The molecule has 0 aromatic heterocycles. The number of fused-ring (bicyclic) bond motifs is 2. The van der Waals surface area contributed by atoms with Crippen LogP contribution in [-0.4, -0.2) is 16.3 Å². The van der Waals surface area contributed by atoms with Gasteiger partial charge in [0, 0.05) is 12.0 Å². The van der Waals surface area contributed by atoms with Gasteiger partial charge in [0.25, 0.3) is 0 Å². The lowest BCUT2D eigenvalue weighted by molar-refractivity contribution is 0.362. The van der Waals surface area contributed by atoms with Crippen molar-refractivity contribution in [2.75, 3.05) is 0 Å². The summed E-state index contributed by atoms with van der Waals surface area (Å²) >= 11 is 0. The first-order valence-electron chi connectivity index (χ1n) is 5.94. The zero-order chi connectivity index (χ0) is 11.3. The first-order valence-corrected chi connectivity index (χ1v) is 5.94. The third kappa shape index (κ3) is 1.31. The lowest BCUT2D eigenvalue weighted by atomic mass is 9.80. The number of rotatable bonds is 1. The number of hydrogen-bond donors (Lipinski definition) is 3. The Kier molecular flexibility index (Phi) is 2.11. The maximum absolute atomic E-state index is 9.53. The Morgan fingerprint density at radius 2 is 1.81 bits per heavy atom. The van der Waals surface area contributed by atoms with Gasteiger partial charge >= 0.3 is 0 Å². The van der Waals surface area contributed by atoms with E-state index >= 15 is 0 Å². The lowest BCUT2D eigenvalue weighted by Crippen LogP contribution is -2.33. The standard InChI is InChI=1S/C13H17NO2/c14-13-9-2-1-7(5-9)12(13)8-3-4-10(15)11(16)6-8/h3-4,6-7,9,12-13,15-16H,1-2,5,14H2/t7-,9+,12+,13-/m0/s1. The molecule has 0 saturated heterocycles. The second-order valence-corrected chi connectivity index (χ2v) is 5.18.